The van der Waals surface area contributed by atoms with Crippen LogP contribution in [0.25, 0.3) is 10.9 Å². The van der Waals surface area contributed by atoms with Crippen molar-refractivity contribution < 1.29 is 19.4 Å². The van der Waals surface area contributed by atoms with Crippen molar-refractivity contribution in [2.75, 3.05) is 7.11 Å². The minimum absolute atomic E-state index is 0.00268. The summed E-state index contributed by atoms with van der Waals surface area (Å²) in [6.45, 7) is 1.84. The van der Waals surface area contributed by atoms with Crippen LogP contribution in [0.15, 0.2) is 72.8 Å². The summed E-state index contributed by atoms with van der Waals surface area (Å²) in [6, 6.07) is 22.1. The minimum Gasteiger partial charge on any atom is -0.496 e. The lowest BCUT2D eigenvalue weighted by atomic mass is 10.1. The summed E-state index contributed by atoms with van der Waals surface area (Å²) >= 11 is 0. The van der Waals surface area contributed by atoms with Gasteiger partial charge in [0.15, 0.2) is 0 Å². The molecule has 0 bridgehead atoms. The highest BCUT2D eigenvalue weighted by molar-refractivity contribution is 6.00. The third kappa shape index (κ3) is 6.76. The predicted molar refractivity (Wildman–Crippen MR) is 147 cm³/mol. The van der Waals surface area contributed by atoms with Crippen LogP contribution in [0.2, 0.25) is 0 Å². The Kier molecular flexibility index (Phi) is 8.83. The van der Waals surface area contributed by atoms with E-state index in [1.807, 2.05) is 59.2 Å². The Bertz CT molecular complexity index is 1490. The second-order valence-electron chi connectivity index (χ2n) is 8.44. The fourth-order valence-corrected chi connectivity index (χ4v) is 3.89. The van der Waals surface area contributed by atoms with Gasteiger partial charge in [-0.05, 0) is 35.4 Å². The molecule has 0 saturated heterocycles. The maximum absolute atomic E-state index is 13.3. The summed E-state index contributed by atoms with van der Waals surface area (Å²) in [5.41, 5.74) is 15.6. The Morgan fingerprint density at radius 1 is 0.921 bits per heavy atom. The van der Waals surface area contributed by atoms with Gasteiger partial charge >= 0.3 is 0 Å². The first kappa shape index (κ1) is 27.5. The van der Waals surface area contributed by atoms with Crippen LogP contribution < -0.4 is 21.5 Å². The first-order chi connectivity index (χ1) is 18.1. The number of fused-ring (bicyclic) bond motifs is 1. The van der Waals surface area contributed by atoms with Crippen molar-refractivity contribution in [2.24, 2.45) is 11.5 Å². The maximum Gasteiger partial charge on any atom is 0.300 e. The summed E-state index contributed by atoms with van der Waals surface area (Å²) in [5, 5.41) is 26.5. The molecular weight excluding hydrogens is 484 g/mol. The first-order valence-electron chi connectivity index (χ1n) is 11.6. The molecule has 38 heavy (non-hydrogen) atoms. The van der Waals surface area contributed by atoms with Crippen molar-refractivity contribution in [3.8, 4) is 5.75 Å². The Balaban J connectivity index is 0.000000934. The molecule has 4 rings (SSSR count). The molecule has 0 saturated carbocycles. The zero-order valence-electron chi connectivity index (χ0n) is 21.1. The number of benzene rings is 3. The van der Waals surface area contributed by atoms with Gasteiger partial charge in [-0.2, -0.15) is 0 Å². The van der Waals surface area contributed by atoms with E-state index in [1.54, 1.807) is 25.3 Å². The Labute approximate surface area is 219 Å². The van der Waals surface area contributed by atoms with Gasteiger partial charge in [0, 0.05) is 36.5 Å². The van der Waals surface area contributed by atoms with Crippen molar-refractivity contribution in [3.05, 3.63) is 101 Å². The van der Waals surface area contributed by atoms with Gasteiger partial charge in [-0.25, -0.2) is 0 Å². The second kappa shape index (κ2) is 12.2. The molecule has 1 heterocycles. The van der Waals surface area contributed by atoms with Crippen LogP contribution in [0.4, 0.5) is 0 Å². The lowest BCUT2D eigenvalue weighted by Crippen LogP contribution is -2.25. The Hall–Kier alpha value is -5.12. The third-order valence-corrected chi connectivity index (χ3v) is 5.65. The molecule has 0 aliphatic heterocycles. The normalized spacial score (nSPS) is 10.3. The molecule has 0 fully saturated rings. The van der Waals surface area contributed by atoms with E-state index in [2.05, 4.69) is 5.32 Å². The molecule has 0 aliphatic carbocycles. The van der Waals surface area contributed by atoms with Crippen molar-refractivity contribution in [1.29, 1.82) is 10.8 Å². The van der Waals surface area contributed by atoms with E-state index in [-0.39, 0.29) is 17.6 Å². The van der Waals surface area contributed by atoms with E-state index in [9.17, 15) is 4.79 Å². The zero-order valence-corrected chi connectivity index (χ0v) is 21.1. The number of nitrogens with two attached hydrogens (primary N) is 2. The molecule has 1 aromatic heterocycles. The number of hydrogen-bond acceptors (Lipinski definition) is 5. The highest BCUT2D eigenvalue weighted by Crippen LogP contribution is 2.29. The van der Waals surface area contributed by atoms with Gasteiger partial charge < -0.3 is 31.2 Å². The molecular formula is C28H30N6O4. The highest BCUT2D eigenvalue weighted by atomic mass is 16.5. The quantitative estimate of drug-likeness (QED) is 0.155. The number of aliphatic carboxylic acids is 1. The average Bonchev–Trinajstić information content (AvgIpc) is 3.25. The molecule has 0 spiro atoms. The number of ether oxygens (including phenoxy) is 1. The molecule has 10 heteroatoms. The van der Waals surface area contributed by atoms with E-state index in [0.717, 1.165) is 29.0 Å². The SMILES string of the molecule is CC(=O)O.COc1cccc2c1cc(C(=O)NCc1ccc(C(=N)N)cc1)n2Cc1cccc(C(=N)N)c1. The van der Waals surface area contributed by atoms with Crippen LogP contribution in [0.3, 0.4) is 0 Å². The van der Waals surface area contributed by atoms with Crippen LogP contribution in [-0.2, 0) is 17.9 Å². The number of nitrogens with one attached hydrogen (secondary N) is 3. The molecule has 1 amide bonds. The van der Waals surface area contributed by atoms with Crippen molar-refractivity contribution in [3.63, 3.8) is 0 Å². The minimum atomic E-state index is -0.833. The molecule has 8 N–H and O–H groups in total. The van der Waals surface area contributed by atoms with Gasteiger partial charge in [0.2, 0.25) is 0 Å². The molecule has 0 radical (unpaired) electrons. The summed E-state index contributed by atoms with van der Waals surface area (Å²) in [7, 11) is 1.60. The number of amidine groups is 2. The molecule has 0 unspecified atom stereocenters. The number of carboxylic acid groups (broad SMARTS) is 1. The fraction of sp³-hybridized carbons (Fsp3) is 0.143. The van der Waals surface area contributed by atoms with Gasteiger partial charge in [-0.15, -0.1) is 0 Å². The lowest BCUT2D eigenvalue weighted by Gasteiger charge is -2.13. The van der Waals surface area contributed by atoms with E-state index in [1.165, 1.54) is 0 Å². The molecule has 3 aromatic carbocycles. The van der Waals surface area contributed by atoms with Crippen LogP contribution in [-0.4, -0.2) is 40.3 Å². The van der Waals surface area contributed by atoms with Gasteiger partial charge in [-0.1, -0.05) is 48.5 Å². The van der Waals surface area contributed by atoms with Gasteiger partial charge in [0.1, 0.15) is 23.1 Å². The number of carbonyl (C=O) groups excluding carboxylic acids is 1. The number of rotatable bonds is 8. The highest BCUT2D eigenvalue weighted by Gasteiger charge is 2.18. The summed E-state index contributed by atoms with van der Waals surface area (Å²) in [5.74, 6) is -0.378. The monoisotopic (exact) mass is 514 g/mol. The number of nitrogen functional groups attached to an aromatic ring is 2. The van der Waals surface area contributed by atoms with Crippen molar-refractivity contribution in [2.45, 2.75) is 20.0 Å². The number of amides is 1. The van der Waals surface area contributed by atoms with E-state index in [4.69, 9.17) is 36.9 Å². The van der Waals surface area contributed by atoms with Crippen LogP contribution in [0, 0.1) is 10.8 Å². The Morgan fingerprint density at radius 2 is 1.55 bits per heavy atom. The topological polar surface area (TPSA) is 180 Å². The molecule has 0 aliphatic rings. The molecule has 4 aromatic rings. The summed E-state index contributed by atoms with van der Waals surface area (Å²) in [4.78, 5) is 22.3. The lowest BCUT2D eigenvalue weighted by molar-refractivity contribution is -0.134. The zero-order chi connectivity index (χ0) is 27.8. The van der Waals surface area contributed by atoms with Crippen LogP contribution >= 0.6 is 0 Å². The van der Waals surface area contributed by atoms with Gasteiger partial charge in [0.25, 0.3) is 11.9 Å². The summed E-state index contributed by atoms with van der Waals surface area (Å²) < 4.78 is 7.45. The summed E-state index contributed by atoms with van der Waals surface area (Å²) in [6.07, 6.45) is 0. The van der Waals surface area contributed by atoms with Crippen LogP contribution in [0.1, 0.15) is 39.7 Å². The van der Waals surface area contributed by atoms with E-state index < -0.39 is 5.97 Å². The Morgan fingerprint density at radius 3 is 2.16 bits per heavy atom. The average molecular weight is 515 g/mol. The van der Waals surface area contributed by atoms with Crippen LogP contribution in [0.5, 0.6) is 5.75 Å². The van der Waals surface area contributed by atoms with Crippen molar-refractivity contribution in [1.82, 2.24) is 9.88 Å². The standard InChI is InChI=1S/C26H26N6O2.C2H4O2/c1-34-23-7-3-6-21-20(23)13-22(32(21)15-17-4-2-5-19(12-17)25(29)30)26(33)31-14-16-8-10-18(11-9-16)24(27)28;1-2(3)4/h2-13H,14-15H2,1H3,(H3,27,28)(H3,29,30)(H,31,33);1H3,(H,3,4). The van der Waals surface area contributed by atoms with Gasteiger partial charge in [-0.3, -0.25) is 20.4 Å². The number of aromatic nitrogens is 1. The predicted octanol–water partition coefficient (Wildman–Crippen LogP) is 3.29. The maximum atomic E-state index is 13.3. The number of carbonyl (C=O) groups is 2. The number of nitrogens with zero attached hydrogens (tertiary/aromatic N) is 1. The number of carboxylic acids is 1. The number of hydrogen-bond donors (Lipinski definition) is 6. The molecule has 196 valence electrons. The van der Waals surface area contributed by atoms with Gasteiger partial charge in [0.05, 0.1) is 12.6 Å². The largest absolute Gasteiger partial charge is 0.496 e. The molecule has 10 nitrogen and oxygen atoms in total. The fourth-order valence-electron chi connectivity index (χ4n) is 3.89. The van der Waals surface area contributed by atoms with E-state index in [0.29, 0.717) is 35.7 Å². The smallest absolute Gasteiger partial charge is 0.300 e. The second-order valence-corrected chi connectivity index (χ2v) is 8.44. The van der Waals surface area contributed by atoms with Crippen molar-refractivity contribution >= 4 is 34.5 Å². The molecule has 0 atom stereocenters. The third-order valence-electron chi connectivity index (χ3n) is 5.65. The van der Waals surface area contributed by atoms with E-state index >= 15 is 0 Å². The number of methoxy groups -OCH3 is 1. The first-order valence-corrected chi connectivity index (χ1v) is 11.6.